The van der Waals surface area contributed by atoms with Crippen LogP contribution in [0.5, 0.6) is 11.5 Å². The molecular formula is C24H22N2O5. The Balaban J connectivity index is 1.32. The van der Waals surface area contributed by atoms with E-state index in [-0.39, 0.29) is 6.61 Å². The molecule has 7 heteroatoms. The number of aryl methyl sites for hydroxylation is 1. The number of hydrogen-bond acceptors (Lipinski definition) is 6. The third-order valence-corrected chi connectivity index (χ3v) is 5.53. The molecule has 3 aromatic rings. The van der Waals surface area contributed by atoms with Gasteiger partial charge < -0.3 is 19.5 Å². The summed E-state index contributed by atoms with van der Waals surface area (Å²) in [6.45, 7) is 0.590. The van der Waals surface area contributed by atoms with Gasteiger partial charge in [0.25, 0.3) is 5.91 Å². The second kappa shape index (κ2) is 8.26. The molecule has 31 heavy (non-hydrogen) atoms. The molecule has 1 aromatic heterocycles. The van der Waals surface area contributed by atoms with E-state index in [1.807, 2.05) is 24.3 Å². The van der Waals surface area contributed by atoms with Gasteiger partial charge in [-0.15, -0.1) is 0 Å². The van der Waals surface area contributed by atoms with Crippen LogP contribution < -0.4 is 14.8 Å². The van der Waals surface area contributed by atoms with Crippen molar-refractivity contribution in [3.05, 3.63) is 59.3 Å². The van der Waals surface area contributed by atoms with Gasteiger partial charge in [0.2, 0.25) is 0 Å². The van der Waals surface area contributed by atoms with Crippen molar-refractivity contribution in [1.29, 1.82) is 0 Å². The minimum atomic E-state index is -0.492. The first-order chi connectivity index (χ1) is 15.2. The smallest absolute Gasteiger partial charge is 0.339 e. The number of para-hydroxylation sites is 1. The topological polar surface area (TPSA) is 86.8 Å². The number of carbonyl (C=O) groups excluding carboxylic acids is 2. The fourth-order valence-corrected chi connectivity index (χ4v) is 4.13. The van der Waals surface area contributed by atoms with Crippen molar-refractivity contribution in [1.82, 2.24) is 4.98 Å². The molecule has 158 valence electrons. The molecule has 2 aliphatic rings. The van der Waals surface area contributed by atoms with Crippen molar-refractivity contribution in [3.63, 3.8) is 0 Å². The van der Waals surface area contributed by atoms with Crippen LogP contribution in [0.3, 0.4) is 0 Å². The summed E-state index contributed by atoms with van der Waals surface area (Å²) < 4.78 is 16.4. The maximum absolute atomic E-state index is 13.0. The van der Waals surface area contributed by atoms with Crippen LogP contribution in [0.15, 0.2) is 42.5 Å². The van der Waals surface area contributed by atoms with Crippen molar-refractivity contribution >= 4 is 28.5 Å². The minimum absolute atomic E-state index is 0.376. The first-order valence-electron chi connectivity index (χ1n) is 10.5. The van der Waals surface area contributed by atoms with E-state index in [1.165, 1.54) is 0 Å². The SMILES string of the molecule is O=C(COC(=O)c1c2c(nc3ccccc13)CCCC2)Nc1ccc2c(c1)OCCO2. The highest BCUT2D eigenvalue weighted by Gasteiger charge is 2.24. The van der Waals surface area contributed by atoms with E-state index in [2.05, 4.69) is 5.32 Å². The van der Waals surface area contributed by atoms with E-state index in [1.54, 1.807) is 18.2 Å². The summed E-state index contributed by atoms with van der Waals surface area (Å²) in [4.78, 5) is 30.1. The minimum Gasteiger partial charge on any atom is -0.486 e. The summed E-state index contributed by atoms with van der Waals surface area (Å²) in [5, 5.41) is 3.50. The molecule has 1 aliphatic heterocycles. The van der Waals surface area contributed by atoms with E-state index in [0.29, 0.717) is 36.0 Å². The van der Waals surface area contributed by atoms with Crippen molar-refractivity contribution in [2.75, 3.05) is 25.1 Å². The number of nitrogens with one attached hydrogen (secondary N) is 1. The predicted octanol–water partition coefficient (Wildman–Crippen LogP) is 3.68. The lowest BCUT2D eigenvalue weighted by atomic mass is 9.90. The van der Waals surface area contributed by atoms with Crippen LogP contribution in [0.25, 0.3) is 10.9 Å². The number of fused-ring (bicyclic) bond motifs is 3. The molecule has 2 heterocycles. The molecule has 0 atom stereocenters. The summed E-state index contributed by atoms with van der Waals surface area (Å²) in [6.07, 6.45) is 3.72. The maximum atomic E-state index is 13.0. The molecule has 0 unspecified atom stereocenters. The monoisotopic (exact) mass is 418 g/mol. The number of nitrogens with zero attached hydrogens (tertiary/aromatic N) is 1. The van der Waals surface area contributed by atoms with Crippen LogP contribution in [0.2, 0.25) is 0 Å². The molecule has 0 spiro atoms. The summed E-state index contributed by atoms with van der Waals surface area (Å²) in [5.41, 5.74) is 3.76. The Kier molecular flexibility index (Phi) is 5.16. The molecule has 0 bridgehead atoms. The highest BCUT2D eigenvalue weighted by atomic mass is 16.6. The normalized spacial score (nSPS) is 14.6. The van der Waals surface area contributed by atoms with Crippen LogP contribution in [0, 0.1) is 0 Å². The van der Waals surface area contributed by atoms with Gasteiger partial charge in [-0.2, -0.15) is 0 Å². The van der Waals surface area contributed by atoms with Gasteiger partial charge in [0.15, 0.2) is 18.1 Å². The van der Waals surface area contributed by atoms with Gasteiger partial charge in [-0.05, 0) is 49.4 Å². The quantitative estimate of drug-likeness (QED) is 0.651. The number of hydrogen-bond donors (Lipinski definition) is 1. The Hall–Kier alpha value is -3.61. The highest BCUT2D eigenvalue weighted by molar-refractivity contribution is 6.06. The molecular weight excluding hydrogens is 396 g/mol. The largest absolute Gasteiger partial charge is 0.486 e. The third-order valence-electron chi connectivity index (χ3n) is 5.53. The molecule has 1 amide bonds. The van der Waals surface area contributed by atoms with Gasteiger partial charge >= 0.3 is 5.97 Å². The van der Waals surface area contributed by atoms with Crippen LogP contribution in [0.1, 0.15) is 34.5 Å². The number of pyridine rings is 1. The first-order valence-corrected chi connectivity index (χ1v) is 10.5. The number of esters is 1. The number of rotatable bonds is 4. The van der Waals surface area contributed by atoms with Gasteiger partial charge in [-0.25, -0.2) is 4.79 Å². The molecule has 5 rings (SSSR count). The molecule has 0 radical (unpaired) electrons. The molecule has 0 saturated heterocycles. The zero-order valence-electron chi connectivity index (χ0n) is 17.0. The van der Waals surface area contributed by atoms with Gasteiger partial charge in [0.05, 0.1) is 11.1 Å². The molecule has 2 aromatic carbocycles. The summed E-state index contributed by atoms with van der Waals surface area (Å²) in [5.74, 6) is 0.312. The Morgan fingerprint density at radius 1 is 1.00 bits per heavy atom. The molecule has 1 aliphatic carbocycles. The number of anilines is 1. The van der Waals surface area contributed by atoms with Crippen LogP contribution >= 0.6 is 0 Å². The van der Waals surface area contributed by atoms with Crippen molar-refractivity contribution < 1.29 is 23.8 Å². The summed E-state index contributed by atoms with van der Waals surface area (Å²) in [6, 6.07) is 12.7. The third kappa shape index (κ3) is 3.91. The average molecular weight is 418 g/mol. The van der Waals surface area contributed by atoms with E-state index < -0.39 is 11.9 Å². The Labute approximate surface area is 179 Å². The predicted molar refractivity (Wildman–Crippen MR) is 115 cm³/mol. The molecule has 0 fully saturated rings. The fourth-order valence-electron chi connectivity index (χ4n) is 4.13. The van der Waals surface area contributed by atoms with E-state index >= 15 is 0 Å². The van der Waals surface area contributed by atoms with E-state index in [9.17, 15) is 9.59 Å². The lowest BCUT2D eigenvalue weighted by Gasteiger charge is -2.20. The zero-order valence-corrected chi connectivity index (χ0v) is 17.0. The number of aromatic nitrogens is 1. The Morgan fingerprint density at radius 3 is 2.71 bits per heavy atom. The number of amides is 1. The van der Waals surface area contributed by atoms with Crippen LogP contribution in [-0.4, -0.2) is 36.7 Å². The van der Waals surface area contributed by atoms with Crippen molar-refractivity contribution in [3.8, 4) is 11.5 Å². The van der Waals surface area contributed by atoms with Crippen LogP contribution in [-0.2, 0) is 22.4 Å². The Morgan fingerprint density at radius 2 is 1.81 bits per heavy atom. The highest BCUT2D eigenvalue weighted by Crippen LogP contribution is 2.33. The summed E-state index contributed by atoms with van der Waals surface area (Å²) >= 11 is 0. The lowest BCUT2D eigenvalue weighted by Crippen LogP contribution is -2.23. The molecule has 1 N–H and O–H groups in total. The summed E-state index contributed by atoms with van der Waals surface area (Å²) in [7, 11) is 0. The van der Waals surface area contributed by atoms with Gasteiger partial charge in [0.1, 0.15) is 13.2 Å². The van der Waals surface area contributed by atoms with Crippen molar-refractivity contribution in [2.24, 2.45) is 0 Å². The molecule has 7 nitrogen and oxygen atoms in total. The van der Waals surface area contributed by atoms with E-state index in [0.717, 1.165) is 47.8 Å². The zero-order chi connectivity index (χ0) is 21.2. The van der Waals surface area contributed by atoms with E-state index in [4.69, 9.17) is 19.2 Å². The maximum Gasteiger partial charge on any atom is 0.339 e. The van der Waals surface area contributed by atoms with Gasteiger partial charge in [0, 0.05) is 22.8 Å². The number of carbonyl (C=O) groups is 2. The molecule has 0 saturated carbocycles. The van der Waals surface area contributed by atoms with Gasteiger partial charge in [-0.1, -0.05) is 18.2 Å². The lowest BCUT2D eigenvalue weighted by molar-refractivity contribution is -0.119. The number of ether oxygens (including phenoxy) is 3. The van der Waals surface area contributed by atoms with Gasteiger partial charge in [-0.3, -0.25) is 9.78 Å². The van der Waals surface area contributed by atoms with Crippen LogP contribution in [0.4, 0.5) is 5.69 Å². The second-order valence-electron chi connectivity index (χ2n) is 7.62. The Bertz CT molecular complexity index is 1170. The average Bonchev–Trinajstić information content (AvgIpc) is 2.81. The standard InChI is InChI=1S/C24H22N2O5/c27-22(25-15-9-10-20-21(13-15)30-12-11-29-20)14-31-24(28)23-16-5-1-3-7-18(16)26-19-8-4-2-6-17(19)23/h1,3,5,7,9-10,13H,2,4,6,8,11-12,14H2,(H,25,27). The fraction of sp³-hybridized carbons (Fsp3) is 0.292. The number of benzene rings is 2. The van der Waals surface area contributed by atoms with Crippen molar-refractivity contribution in [2.45, 2.75) is 25.7 Å². The first kappa shape index (κ1) is 19.4. The second-order valence-corrected chi connectivity index (χ2v) is 7.62.